The van der Waals surface area contributed by atoms with Crippen LogP contribution in [0.4, 0.5) is 5.82 Å². The Kier molecular flexibility index (Phi) is 7.95. The summed E-state index contributed by atoms with van der Waals surface area (Å²) in [6, 6.07) is 9.19. The van der Waals surface area contributed by atoms with Crippen molar-refractivity contribution in [3.63, 3.8) is 0 Å². The Balaban J connectivity index is 1.93. The number of aryl methyl sites for hydroxylation is 1. The van der Waals surface area contributed by atoms with Gasteiger partial charge in [0.15, 0.2) is 5.82 Å². The minimum absolute atomic E-state index is 0.111. The summed E-state index contributed by atoms with van der Waals surface area (Å²) in [5.41, 5.74) is 0.568. The van der Waals surface area contributed by atoms with Crippen LogP contribution in [0.2, 0.25) is 5.02 Å². The van der Waals surface area contributed by atoms with Gasteiger partial charge in [0.1, 0.15) is 5.76 Å². The number of hydrogen-bond acceptors (Lipinski definition) is 5. The quantitative estimate of drug-likeness (QED) is 0.619. The maximum absolute atomic E-state index is 12.6. The molecule has 2 amide bonds. The molecule has 0 aliphatic carbocycles. The first-order valence-corrected chi connectivity index (χ1v) is 10.6. The van der Waals surface area contributed by atoms with Gasteiger partial charge >= 0.3 is 0 Å². The van der Waals surface area contributed by atoms with Crippen molar-refractivity contribution >= 4 is 41.0 Å². The summed E-state index contributed by atoms with van der Waals surface area (Å²) >= 11 is 7.26. The highest BCUT2D eigenvalue weighted by molar-refractivity contribution is 8.01. The number of halogens is 1. The summed E-state index contributed by atoms with van der Waals surface area (Å²) < 4.78 is 4.93. The van der Waals surface area contributed by atoms with Gasteiger partial charge in [-0.3, -0.25) is 9.59 Å². The van der Waals surface area contributed by atoms with Gasteiger partial charge in [0.25, 0.3) is 0 Å². The first-order chi connectivity index (χ1) is 13.3. The second-order valence-electron chi connectivity index (χ2n) is 6.61. The minimum Gasteiger partial charge on any atom is -0.360 e. The number of thioether (sulfide) groups is 1. The Hall–Kier alpha value is -1.99. The molecule has 6 nitrogen and oxygen atoms in total. The van der Waals surface area contributed by atoms with Crippen molar-refractivity contribution in [2.75, 3.05) is 11.1 Å². The van der Waals surface area contributed by atoms with Crippen molar-refractivity contribution < 1.29 is 14.1 Å². The third-order valence-corrected chi connectivity index (χ3v) is 6.09. The van der Waals surface area contributed by atoms with E-state index in [2.05, 4.69) is 15.8 Å². The molecule has 1 unspecified atom stereocenters. The molecule has 0 fully saturated rings. The van der Waals surface area contributed by atoms with Crippen LogP contribution in [0.1, 0.15) is 44.9 Å². The third kappa shape index (κ3) is 5.75. The molecule has 0 aliphatic heterocycles. The van der Waals surface area contributed by atoms with E-state index in [0.717, 1.165) is 18.4 Å². The second-order valence-corrected chi connectivity index (χ2v) is 8.38. The van der Waals surface area contributed by atoms with Gasteiger partial charge in [0, 0.05) is 11.1 Å². The molecular formula is C20H26ClN3O3S. The average molecular weight is 424 g/mol. The second kappa shape index (κ2) is 9.98. The highest BCUT2D eigenvalue weighted by atomic mass is 35.5. The van der Waals surface area contributed by atoms with Crippen LogP contribution in [0.3, 0.4) is 0 Å². The monoisotopic (exact) mass is 423 g/mol. The molecule has 0 radical (unpaired) electrons. The Morgan fingerprint density at radius 3 is 2.43 bits per heavy atom. The molecule has 2 aromatic rings. The maximum Gasteiger partial charge on any atom is 0.238 e. The van der Waals surface area contributed by atoms with Crippen LogP contribution in [0.5, 0.6) is 0 Å². The number of nitrogens with one attached hydrogen (secondary N) is 2. The van der Waals surface area contributed by atoms with Gasteiger partial charge in [-0.1, -0.05) is 42.7 Å². The van der Waals surface area contributed by atoms with E-state index in [-0.39, 0.29) is 17.6 Å². The zero-order valence-corrected chi connectivity index (χ0v) is 18.1. The fourth-order valence-electron chi connectivity index (χ4n) is 2.91. The standard InChI is InChI=1S/C20H26ClN3O3S/c1-5-20(6-2,15-7-9-16(21)10-8-15)23-18(25)12-28-14(4)19(26)22-17-11-13(3)27-24-17/h7-11,14H,5-6,12H2,1-4H3,(H,23,25)(H,22,24,26). The molecule has 2 rings (SSSR count). The van der Waals surface area contributed by atoms with Crippen molar-refractivity contribution in [3.05, 3.63) is 46.7 Å². The molecule has 1 heterocycles. The fourth-order valence-corrected chi connectivity index (χ4v) is 3.72. The number of benzene rings is 1. The number of hydrogen-bond donors (Lipinski definition) is 2. The number of carbonyl (C=O) groups is 2. The maximum atomic E-state index is 12.6. The number of carbonyl (C=O) groups excluding carboxylic acids is 2. The third-order valence-electron chi connectivity index (χ3n) is 4.70. The van der Waals surface area contributed by atoms with Crippen LogP contribution in [-0.2, 0) is 15.1 Å². The first kappa shape index (κ1) is 22.3. The molecular weight excluding hydrogens is 398 g/mol. The van der Waals surface area contributed by atoms with Crippen molar-refractivity contribution in [1.29, 1.82) is 0 Å². The largest absolute Gasteiger partial charge is 0.360 e. The number of amides is 2. The molecule has 2 N–H and O–H groups in total. The summed E-state index contributed by atoms with van der Waals surface area (Å²) in [6.07, 6.45) is 1.51. The molecule has 0 aliphatic rings. The van der Waals surface area contributed by atoms with Crippen LogP contribution < -0.4 is 10.6 Å². The van der Waals surface area contributed by atoms with Gasteiger partial charge in [-0.25, -0.2) is 0 Å². The summed E-state index contributed by atoms with van der Waals surface area (Å²) in [5, 5.41) is 9.82. The molecule has 8 heteroatoms. The number of rotatable bonds is 9. The Bertz CT molecular complexity index is 803. The van der Waals surface area contributed by atoms with E-state index < -0.39 is 10.8 Å². The lowest BCUT2D eigenvalue weighted by molar-refractivity contribution is -0.120. The number of aromatic nitrogens is 1. The number of anilines is 1. The molecule has 0 bridgehead atoms. The Labute approximate surface area is 174 Å². The van der Waals surface area contributed by atoms with E-state index in [1.807, 2.05) is 38.1 Å². The van der Waals surface area contributed by atoms with Crippen molar-refractivity contribution in [2.45, 2.75) is 51.3 Å². The van der Waals surface area contributed by atoms with Crippen LogP contribution >= 0.6 is 23.4 Å². The van der Waals surface area contributed by atoms with E-state index in [1.54, 1.807) is 19.9 Å². The lowest BCUT2D eigenvalue weighted by Gasteiger charge is -2.34. The fraction of sp³-hybridized carbons (Fsp3) is 0.450. The normalized spacial score (nSPS) is 12.5. The first-order valence-electron chi connectivity index (χ1n) is 9.22. The summed E-state index contributed by atoms with van der Waals surface area (Å²) in [6.45, 7) is 7.59. The highest BCUT2D eigenvalue weighted by Crippen LogP contribution is 2.30. The molecule has 0 spiro atoms. The van der Waals surface area contributed by atoms with E-state index in [1.165, 1.54) is 11.8 Å². The highest BCUT2D eigenvalue weighted by Gasteiger charge is 2.30. The number of nitrogens with zero attached hydrogens (tertiary/aromatic N) is 1. The SMILES string of the molecule is CCC(CC)(NC(=O)CSC(C)C(=O)Nc1cc(C)on1)c1ccc(Cl)cc1. The molecule has 28 heavy (non-hydrogen) atoms. The van der Waals surface area contributed by atoms with E-state index in [4.69, 9.17) is 16.1 Å². The molecule has 1 atom stereocenters. The van der Waals surface area contributed by atoms with Crippen LogP contribution in [0.25, 0.3) is 0 Å². The predicted octanol–water partition coefficient (Wildman–Crippen LogP) is 4.53. The molecule has 1 aromatic heterocycles. The molecule has 152 valence electrons. The van der Waals surface area contributed by atoms with Gasteiger partial charge in [-0.15, -0.1) is 11.8 Å². The van der Waals surface area contributed by atoms with Crippen LogP contribution in [0.15, 0.2) is 34.9 Å². The Morgan fingerprint density at radius 2 is 1.89 bits per heavy atom. The van der Waals surface area contributed by atoms with Gasteiger partial charge in [0.2, 0.25) is 11.8 Å². The van der Waals surface area contributed by atoms with Crippen LogP contribution in [-0.4, -0.2) is 28.0 Å². The van der Waals surface area contributed by atoms with Crippen LogP contribution in [0, 0.1) is 6.92 Å². The molecule has 0 saturated carbocycles. The zero-order chi connectivity index (χ0) is 20.7. The van der Waals surface area contributed by atoms with Gasteiger partial charge in [-0.2, -0.15) is 0 Å². The average Bonchev–Trinajstić information content (AvgIpc) is 3.09. The summed E-state index contributed by atoms with van der Waals surface area (Å²) in [4.78, 5) is 24.8. The zero-order valence-electron chi connectivity index (χ0n) is 16.5. The predicted molar refractivity (Wildman–Crippen MR) is 114 cm³/mol. The van der Waals surface area contributed by atoms with Gasteiger partial charge in [-0.05, 0) is 44.4 Å². The van der Waals surface area contributed by atoms with E-state index in [9.17, 15) is 9.59 Å². The van der Waals surface area contributed by atoms with Crippen molar-refractivity contribution in [2.24, 2.45) is 0 Å². The van der Waals surface area contributed by atoms with Gasteiger partial charge < -0.3 is 15.2 Å². The lowest BCUT2D eigenvalue weighted by Crippen LogP contribution is -2.46. The molecule has 0 saturated heterocycles. The topological polar surface area (TPSA) is 84.2 Å². The Morgan fingerprint density at radius 1 is 1.25 bits per heavy atom. The lowest BCUT2D eigenvalue weighted by atomic mass is 9.84. The smallest absolute Gasteiger partial charge is 0.238 e. The van der Waals surface area contributed by atoms with E-state index in [0.29, 0.717) is 16.6 Å². The minimum atomic E-state index is -0.452. The van der Waals surface area contributed by atoms with Gasteiger partial charge in [0.05, 0.1) is 16.5 Å². The van der Waals surface area contributed by atoms with E-state index >= 15 is 0 Å². The van der Waals surface area contributed by atoms with Crippen molar-refractivity contribution in [1.82, 2.24) is 10.5 Å². The molecule has 1 aromatic carbocycles. The summed E-state index contributed by atoms with van der Waals surface area (Å²) in [5.74, 6) is 0.842. The summed E-state index contributed by atoms with van der Waals surface area (Å²) in [7, 11) is 0. The van der Waals surface area contributed by atoms with Crippen molar-refractivity contribution in [3.8, 4) is 0 Å².